The zero-order chi connectivity index (χ0) is 17.5. The number of aromatic nitrogens is 1. The molecule has 4 nitrogen and oxygen atoms in total. The fourth-order valence-corrected chi connectivity index (χ4v) is 3.49. The van der Waals surface area contributed by atoms with Crippen LogP contribution in [0, 0.1) is 0 Å². The van der Waals surface area contributed by atoms with E-state index in [9.17, 15) is 4.79 Å². The summed E-state index contributed by atoms with van der Waals surface area (Å²) in [5.41, 5.74) is 2.50. The monoisotopic (exact) mass is 337 g/mol. The van der Waals surface area contributed by atoms with Gasteiger partial charge in [0.2, 0.25) is 5.91 Å². The molecule has 4 heteroatoms. The zero-order valence-corrected chi connectivity index (χ0v) is 15.0. The van der Waals surface area contributed by atoms with Crippen LogP contribution in [-0.2, 0) is 17.8 Å². The first-order valence-corrected chi connectivity index (χ1v) is 9.16. The highest BCUT2D eigenvalue weighted by Gasteiger charge is 2.30. The van der Waals surface area contributed by atoms with E-state index in [1.165, 1.54) is 17.5 Å². The molecule has 1 saturated heterocycles. The van der Waals surface area contributed by atoms with E-state index in [1.807, 2.05) is 30.1 Å². The number of hydrogen-bond acceptors (Lipinski definition) is 3. The van der Waals surface area contributed by atoms with E-state index in [-0.39, 0.29) is 11.9 Å². The van der Waals surface area contributed by atoms with E-state index in [4.69, 9.17) is 0 Å². The van der Waals surface area contributed by atoms with Crippen LogP contribution in [0.2, 0.25) is 0 Å². The lowest BCUT2D eigenvalue weighted by Gasteiger charge is -2.36. The Kier molecular flexibility index (Phi) is 6.18. The molecule has 1 aliphatic heterocycles. The standard InChI is InChI=1S/C21H27N3O/c1-23(16-12-18-10-13-22-14-11-18)21(25)20-9-5-6-15-24(20)17-19-7-3-2-4-8-19/h2-4,7-8,10-11,13-14,20H,5-6,9,12,15-17H2,1H3/t20-/m1/s1. The quantitative estimate of drug-likeness (QED) is 0.812. The van der Waals surface area contributed by atoms with Crippen molar-refractivity contribution in [1.29, 1.82) is 0 Å². The molecule has 1 aromatic carbocycles. The van der Waals surface area contributed by atoms with Gasteiger partial charge in [-0.25, -0.2) is 0 Å². The second-order valence-electron chi connectivity index (χ2n) is 6.83. The van der Waals surface area contributed by atoms with Crippen molar-refractivity contribution in [1.82, 2.24) is 14.8 Å². The lowest BCUT2D eigenvalue weighted by Crippen LogP contribution is -2.49. The molecule has 0 aliphatic carbocycles. The normalized spacial score (nSPS) is 18.0. The summed E-state index contributed by atoms with van der Waals surface area (Å²) < 4.78 is 0. The number of amides is 1. The van der Waals surface area contributed by atoms with Crippen molar-refractivity contribution in [2.45, 2.75) is 38.3 Å². The van der Waals surface area contributed by atoms with Crippen molar-refractivity contribution in [3.63, 3.8) is 0 Å². The third-order valence-corrected chi connectivity index (χ3v) is 4.99. The smallest absolute Gasteiger partial charge is 0.239 e. The second-order valence-corrected chi connectivity index (χ2v) is 6.83. The summed E-state index contributed by atoms with van der Waals surface area (Å²) in [5, 5.41) is 0. The maximum Gasteiger partial charge on any atom is 0.239 e. The van der Waals surface area contributed by atoms with Gasteiger partial charge in [0.05, 0.1) is 6.04 Å². The number of piperidine rings is 1. The van der Waals surface area contributed by atoms with E-state index in [0.717, 1.165) is 38.9 Å². The SMILES string of the molecule is CN(CCc1ccncc1)C(=O)[C@H]1CCCCN1Cc1ccccc1. The summed E-state index contributed by atoms with van der Waals surface area (Å²) in [5.74, 6) is 0.254. The number of pyridine rings is 1. The van der Waals surface area contributed by atoms with Crippen LogP contribution >= 0.6 is 0 Å². The van der Waals surface area contributed by atoms with Crippen LogP contribution in [0.25, 0.3) is 0 Å². The van der Waals surface area contributed by atoms with Gasteiger partial charge < -0.3 is 4.90 Å². The van der Waals surface area contributed by atoms with E-state index < -0.39 is 0 Å². The van der Waals surface area contributed by atoms with E-state index in [0.29, 0.717) is 0 Å². The highest BCUT2D eigenvalue weighted by molar-refractivity contribution is 5.81. The average molecular weight is 337 g/mol. The Morgan fingerprint density at radius 2 is 1.88 bits per heavy atom. The lowest BCUT2D eigenvalue weighted by atomic mass is 9.99. The van der Waals surface area contributed by atoms with Gasteiger partial charge in [-0.2, -0.15) is 0 Å². The number of rotatable bonds is 6. The van der Waals surface area contributed by atoms with Crippen LogP contribution < -0.4 is 0 Å². The van der Waals surface area contributed by atoms with Crippen LogP contribution in [0.1, 0.15) is 30.4 Å². The molecule has 2 heterocycles. The van der Waals surface area contributed by atoms with Crippen molar-refractivity contribution in [2.24, 2.45) is 0 Å². The molecule has 1 aromatic heterocycles. The van der Waals surface area contributed by atoms with Crippen LogP contribution in [0.3, 0.4) is 0 Å². The molecule has 1 atom stereocenters. The Morgan fingerprint density at radius 3 is 2.64 bits per heavy atom. The molecule has 1 fully saturated rings. The average Bonchev–Trinajstić information content (AvgIpc) is 2.67. The van der Waals surface area contributed by atoms with Gasteiger partial charge in [0.25, 0.3) is 0 Å². The minimum atomic E-state index is 0.0106. The molecular formula is C21H27N3O. The van der Waals surface area contributed by atoms with Gasteiger partial charge in [0.15, 0.2) is 0 Å². The molecule has 0 saturated carbocycles. The van der Waals surface area contributed by atoms with Crippen molar-refractivity contribution in [2.75, 3.05) is 20.1 Å². The minimum absolute atomic E-state index is 0.0106. The lowest BCUT2D eigenvalue weighted by molar-refractivity contribution is -0.137. The van der Waals surface area contributed by atoms with E-state index in [1.54, 1.807) is 12.4 Å². The topological polar surface area (TPSA) is 36.4 Å². The molecule has 2 aromatic rings. The molecular weight excluding hydrogens is 310 g/mol. The predicted octanol–water partition coefficient (Wildman–Crippen LogP) is 3.14. The fraction of sp³-hybridized carbons (Fsp3) is 0.429. The maximum absolute atomic E-state index is 13.0. The highest BCUT2D eigenvalue weighted by Crippen LogP contribution is 2.21. The van der Waals surface area contributed by atoms with Crippen molar-refractivity contribution in [3.05, 3.63) is 66.0 Å². The van der Waals surface area contributed by atoms with Crippen molar-refractivity contribution in [3.8, 4) is 0 Å². The third-order valence-electron chi connectivity index (χ3n) is 4.99. The summed E-state index contributed by atoms with van der Waals surface area (Å²) in [6, 6.07) is 14.5. The molecule has 1 aliphatic rings. The third kappa shape index (κ3) is 4.89. The number of likely N-dealkylation sites (tertiary alicyclic amines) is 1. The highest BCUT2D eigenvalue weighted by atomic mass is 16.2. The second kappa shape index (κ2) is 8.77. The molecule has 0 bridgehead atoms. The first kappa shape index (κ1) is 17.6. The molecule has 0 spiro atoms. The Morgan fingerprint density at radius 1 is 1.12 bits per heavy atom. The number of carbonyl (C=O) groups excluding carboxylic acids is 1. The van der Waals surface area contributed by atoms with Gasteiger partial charge in [-0.3, -0.25) is 14.7 Å². The summed E-state index contributed by atoms with van der Waals surface area (Å²) in [4.78, 5) is 21.3. The summed E-state index contributed by atoms with van der Waals surface area (Å²) in [6.45, 7) is 2.61. The number of likely N-dealkylation sites (N-methyl/N-ethyl adjacent to an activating group) is 1. The number of carbonyl (C=O) groups is 1. The van der Waals surface area contributed by atoms with Gasteiger partial charge in [-0.05, 0) is 49.1 Å². The van der Waals surface area contributed by atoms with Crippen LogP contribution in [0.4, 0.5) is 0 Å². The van der Waals surface area contributed by atoms with Gasteiger partial charge in [0, 0.05) is 32.5 Å². The zero-order valence-electron chi connectivity index (χ0n) is 15.0. The molecule has 1 amide bonds. The molecule has 0 N–H and O–H groups in total. The van der Waals surface area contributed by atoms with Gasteiger partial charge in [-0.1, -0.05) is 36.8 Å². The molecule has 25 heavy (non-hydrogen) atoms. The largest absolute Gasteiger partial charge is 0.344 e. The van der Waals surface area contributed by atoms with E-state index >= 15 is 0 Å². The van der Waals surface area contributed by atoms with Crippen molar-refractivity contribution < 1.29 is 4.79 Å². The number of hydrogen-bond donors (Lipinski definition) is 0. The number of nitrogens with zero attached hydrogens (tertiary/aromatic N) is 3. The fourth-order valence-electron chi connectivity index (χ4n) is 3.49. The first-order valence-electron chi connectivity index (χ1n) is 9.16. The van der Waals surface area contributed by atoms with Gasteiger partial charge in [0.1, 0.15) is 0 Å². The Labute approximate surface area is 150 Å². The van der Waals surface area contributed by atoms with Crippen LogP contribution in [0.15, 0.2) is 54.9 Å². The molecule has 3 rings (SSSR count). The minimum Gasteiger partial charge on any atom is -0.344 e. The molecule has 132 valence electrons. The Bertz CT molecular complexity index is 659. The predicted molar refractivity (Wildman–Crippen MR) is 100 cm³/mol. The van der Waals surface area contributed by atoms with Gasteiger partial charge >= 0.3 is 0 Å². The maximum atomic E-state index is 13.0. The number of benzene rings is 1. The molecule has 0 unspecified atom stereocenters. The van der Waals surface area contributed by atoms with Crippen LogP contribution in [-0.4, -0.2) is 46.9 Å². The Hall–Kier alpha value is -2.20. The first-order chi connectivity index (χ1) is 12.2. The van der Waals surface area contributed by atoms with Crippen molar-refractivity contribution >= 4 is 5.91 Å². The van der Waals surface area contributed by atoms with Gasteiger partial charge in [-0.15, -0.1) is 0 Å². The molecule has 0 radical (unpaired) electrons. The van der Waals surface area contributed by atoms with E-state index in [2.05, 4.69) is 34.1 Å². The summed E-state index contributed by atoms with van der Waals surface area (Å²) in [6.07, 6.45) is 7.76. The van der Waals surface area contributed by atoms with Crippen LogP contribution in [0.5, 0.6) is 0 Å². The summed E-state index contributed by atoms with van der Waals surface area (Å²) in [7, 11) is 1.93. The Balaban J connectivity index is 1.59. The summed E-state index contributed by atoms with van der Waals surface area (Å²) >= 11 is 0.